The van der Waals surface area contributed by atoms with E-state index in [0.717, 1.165) is 30.4 Å². The third-order valence-corrected chi connectivity index (χ3v) is 5.17. The summed E-state index contributed by atoms with van der Waals surface area (Å²) in [5.74, 6) is 1.06. The molecule has 1 atom stereocenters. The SMILES string of the molecule is O=C(N[C@H](Cc1ccccc1)c1nc(-c2ccc(Cl)cc2)no1)C1CCC1. The minimum absolute atomic E-state index is 0.0634. The number of nitrogens with zero attached hydrogens (tertiary/aromatic N) is 2. The van der Waals surface area contributed by atoms with Gasteiger partial charge >= 0.3 is 0 Å². The standard InChI is InChI=1S/C21H20ClN3O2/c22-17-11-9-15(10-12-17)19-24-21(27-25-19)18(13-14-5-2-1-3-6-14)23-20(26)16-7-4-8-16/h1-3,5-6,9-12,16,18H,4,7-8,13H2,(H,23,26)/t18-/m1/s1. The van der Waals surface area contributed by atoms with E-state index in [4.69, 9.17) is 16.1 Å². The van der Waals surface area contributed by atoms with Gasteiger partial charge in [-0.3, -0.25) is 4.79 Å². The van der Waals surface area contributed by atoms with E-state index >= 15 is 0 Å². The number of carbonyl (C=O) groups excluding carboxylic acids is 1. The zero-order valence-corrected chi connectivity index (χ0v) is 15.5. The number of amides is 1. The van der Waals surface area contributed by atoms with Gasteiger partial charge in [0.1, 0.15) is 6.04 Å². The Kier molecular flexibility index (Phi) is 5.21. The van der Waals surface area contributed by atoms with Crippen molar-refractivity contribution >= 4 is 17.5 Å². The first kappa shape index (κ1) is 17.7. The second kappa shape index (κ2) is 7.92. The summed E-state index contributed by atoms with van der Waals surface area (Å²) in [6.45, 7) is 0. The van der Waals surface area contributed by atoms with Crippen LogP contribution in [-0.4, -0.2) is 16.0 Å². The van der Waals surface area contributed by atoms with Crippen LogP contribution in [0.4, 0.5) is 0 Å². The predicted octanol–water partition coefficient (Wildman–Crippen LogP) is 4.59. The molecule has 1 aromatic heterocycles. The van der Waals surface area contributed by atoms with Crippen LogP contribution in [0.5, 0.6) is 0 Å². The maximum Gasteiger partial charge on any atom is 0.249 e. The average molecular weight is 382 g/mol. The third kappa shape index (κ3) is 4.19. The Morgan fingerprint density at radius 2 is 1.89 bits per heavy atom. The molecule has 6 heteroatoms. The number of hydrogen-bond donors (Lipinski definition) is 1. The molecule has 0 radical (unpaired) electrons. The molecule has 0 saturated heterocycles. The number of halogens is 1. The summed E-state index contributed by atoms with van der Waals surface area (Å²) in [6.07, 6.45) is 3.61. The molecule has 1 amide bonds. The van der Waals surface area contributed by atoms with Gasteiger partial charge in [0.05, 0.1) is 0 Å². The van der Waals surface area contributed by atoms with Crippen molar-refractivity contribution in [1.29, 1.82) is 0 Å². The fourth-order valence-electron chi connectivity index (χ4n) is 3.10. The molecule has 138 valence electrons. The van der Waals surface area contributed by atoms with E-state index in [2.05, 4.69) is 15.5 Å². The van der Waals surface area contributed by atoms with Crippen molar-refractivity contribution in [3.8, 4) is 11.4 Å². The normalized spacial score (nSPS) is 15.1. The molecule has 0 aliphatic heterocycles. The zero-order chi connectivity index (χ0) is 18.6. The summed E-state index contributed by atoms with van der Waals surface area (Å²) in [5, 5.41) is 7.84. The van der Waals surface area contributed by atoms with E-state index in [1.165, 1.54) is 0 Å². The van der Waals surface area contributed by atoms with E-state index in [1.54, 1.807) is 12.1 Å². The lowest BCUT2D eigenvalue weighted by Gasteiger charge is -2.26. The van der Waals surface area contributed by atoms with E-state index < -0.39 is 0 Å². The summed E-state index contributed by atoms with van der Waals surface area (Å²) in [5.41, 5.74) is 1.92. The lowest BCUT2D eigenvalue weighted by Crippen LogP contribution is -2.37. The Morgan fingerprint density at radius 1 is 1.15 bits per heavy atom. The van der Waals surface area contributed by atoms with E-state index in [0.29, 0.717) is 23.2 Å². The smallest absolute Gasteiger partial charge is 0.249 e. The zero-order valence-electron chi connectivity index (χ0n) is 14.8. The van der Waals surface area contributed by atoms with Crippen LogP contribution in [-0.2, 0) is 11.2 Å². The van der Waals surface area contributed by atoms with Gasteiger partial charge in [-0.25, -0.2) is 0 Å². The maximum atomic E-state index is 12.5. The number of hydrogen-bond acceptors (Lipinski definition) is 4. The highest BCUT2D eigenvalue weighted by Crippen LogP contribution is 2.28. The second-order valence-electron chi connectivity index (χ2n) is 6.84. The van der Waals surface area contributed by atoms with Gasteiger partial charge in [-0.05, 0) is 42.7 Å². The molecule has 1 aliphatic rings. The molecular weight excluding hydrogens is 362 g/mol. The van der Waals surface area contributed by atoms with Gasteiger partial charge < -0.3 is 9.84 Å². The predicted molar refractivity (Wildman–Crippen MR) is 103 cm³/mol. The van der Waals surface area contributed by atoms with Crippen molar-refractivity contribution in [2.45, 2.75) is 31.7 Å². The molecule has 0 spiro atoms. The minimum Gasteiger partial charge on any atom is -0.344 e. The third-order valence-electron chi connectivity index (χ3n) is 4.92. The fraction of sp³-hybridized carbons (Fsp3) is 0.286. The summed E-state index contributed by atoms with van der Waals surface area (Å²) < 4.78 is 5.51. The largest absolute Gasteiger partial charge is 0.344 e. The summed E-state index contributed by atoms with van der Waals surface area (Å²) in [7, 11) is 0. The van der Waals surface area contributed by atoms with Gasteiger partial charge in [-0.1, -0.05) is 53.5 Å². The molecule has 2 aromatic carbocycles. The summed E-state index contributed by atoms with van der Waals surface area (Å²) in [6, 6.07) is 16.9. The second-order valence-corrected chi connectivity index (χ2v) is 7.28. The topological polar surface area (TPSA) is 68.0 Å². The molecule has 1 heterocycles. The molecule has 1 N–H and O–H groups in total. The highest BCUT2D eigenvalue weighted by atomic mass is 35.5. The van der Waals surface area contributed by atoms with Crippen molar-refractivity contribution in [2.24, 2.45) is 5.92 Å². The van der Waals surface area contributed by atoms with Crippen LogP contribution >= 0.6 is 11.6 Å². The van der Waals surface area contributed by atoms with Gasteiger partial charge in [0.15, 0.2) is 0 Å². The quantitative estimate of drug-likeness (QED) is 0.678. The monoisotopic (exact) mass is 381 g/mol. The molecule has 1 aliphatic carbocycles. The number of nitrogens with one attached hydrogen (secondary N) is 1. The molecule has 0 unspecified atom stereocenters. The van der Waals surface area contributed by atoms with Gasteiger partial charge in [0.2, 0.25) is 17.6 Å². The van der Waals surface area contributed by atoms with E-state index in [9.17, 15) is 4.79 Å². The summed E-state index contributed by atoms with van der Waals surface area (Å²) in [4.78, 5) is 17.0. The molecule has 1 saturated carbocycles. The molecule has 0 bridgehead atoms. The van der Waals surface area contributed by atoms with Gasteiger partial charge in [-0.2, -0.15) is 4.98 Å². The number of carbonyl (C=O) groups is 1. The van der Waals surface area contributed by atoms with Crippen LogP contribution < -0.4 is 5.32 Å². The van der Waals surface area contributed by atoms with E-state index in [1.807, 2.05) is 42.5 Å². The fourth-order valence-corrected chi connectivity index (χ4v) is 3.23. The summed E-state index contributed by atoms with van der Waals surface area (Å²) >= 11 is 5.94. The van der Waals surface area contributed by atoms with Gasteiger partial charge in [0, 0.05) is 22.9 Å². The lowest BCUT2D eigenvalue weighted by atomic mass is 9.84. The van der Waals surface area contributed by atoms with Crippen LogP contribution in [0.25, 0.3) is 11.4 Å². The van der Waals surface area contributed by atoms with Crippen molar-refractivity contribution in [3.05, 3.63) is 71.1 Å². The molecule has 3 aromatic rings. The minimum atomic E-state index is -0.353. The van der Waals surface area contributed by atoms with Crippen LogP contribution in [0.15, 0.2) is 59.1 Å². The Hall–Kier alpha value is -2.66. The molecule has 27 heavy (non-hydrogen) atoms. The van der Waals surface area contributed by atoms with Crippen molar-refractivity contribution in [3.63, 3.8) is 0 Å². The Morgan fingerprint density at radius 3 is 2.56 bits per heavy atom. The molecule has 1 fully saturated rings. The van der Waals surface area contributed by atoms with Crippen molar-refractivity contribution in [2.75, 3.05) is 0 Å². The molecule has 4 rings (SSSR count). The highest BCUT2D eigenvalue weighted by Gasteiger charge is 2.29. The lowest BCUT2D eigenvalue weighted by molar-refractivity contribution is -0.128. The van der Waals surface area contributed by atoms with Crippen LogP contribution in [0.3, 0.4) is 0 Å². The number of aromatic nitrogens is 2. The Labute approximate surface area is 162 Å². The van der Waals surface area contributed by atoms with Crippen LogP contribution in [0, 0.1) is 5.92 Å². The maximum absolute atomic E-state index is 12.5. The number of rotatable bonds is 6. The Bertz CT molecular complexity index is 905. The van der Waals surface area contributed by atoms with E-state index in [-0.39, 0.29) is 17.9 Å². The van der Waals surface area contributed by atoms with Gasteiger partial charge in [-0.15, -0.1) is 0 Å². The van der Waals surface area contributed by atoms with Crippen LogP contribution in [0.1, 0.15) is 36.8 Å². The number of benzene rings is 2. The van der Waals surface area contributed by atoms with Gasteiger partial charge in [0.25, 0.3) is 0 Å². The Balaban J connectivity index is 1.57. The van der Waals surface area contributed by atoms with Crippen molar-refractivity contribution < 1.29 is 9.32 Å². The first-order chi connectivity index (χ1) is 13.2. The molecule has 5 nitrogen and oxygen atoms in total. The first-order valence-electron chi connectivity index (χ1n) is 9.13. The van der Waals surface area contributed by atoms with Crippen LogP contribution in [0.2, 0.25) is 5.02 Å². The first-order valence-corrected chi connectivity index (χ1v) is 9.50. The highest BCUT2D eigenvalue weighted by molar-refractivity contribution is 6.30. The average Bonchev–Trinajstić information content (AvgIpc) is 3.11. The molecular formula is C21H20ClN3O2. The van der Waals surface area contributed by atoms with Crippen molar-refractivity contribution in [1.82, 2.24) is 15.5 Å².